The van der Waals surface area contributed by atoms with Gasteiger partial charge >= 0.3 is 0 Å². The van der Waals surface area contributed by atoms with Gasteiger partial charge in [-0.1, -0.05) is 6.07 Å². The highest BCUT2D eigenvalue weighted by Gasteiger charge is 2.15. The van der Waals surface area contributed by atoms with Gasteiger partial charge in [0.2, 0.25) is 5.95 Å². The molecule has 0 radical (unpaired) electrons. The van der Waals surface area contributed by atoms with E-state index in [1.54, 1.807) is 4.52 Å². The van der Waals surface area contributed by atoms with Crippen LogP contribution in [-0.4, -0.2) is 33.9 Å². The van der Waals surface area contributed by atoms with Crippen molar-refractivity contribution in [1.82, 2.24) is 14.6 Å². The molecule has 0 unspecified atom stereocenters. The van der Waals surface area contributed by atoms with Crippen LogP contribution >= 0.6 is 0 Å². The van der Waals surface area contributed by atoms with Gasteiger partial charge in [0.05, 0.1) is 0 Å². The van der Waals surface area contributed by atoms with Crippen LogP contribution in [0.5, 0.6) is 0 Å². The highest BCUT2D eigenvalue weighted by molar-refractivity contribution is 5.43. The Morgan fingerprint density at radius 3 is 3.00 bits per heavy atom. The zero-order chi connectivity index (χ0) is 10.8. The maximum absolute atomic E-state index is 5.31. The smallest absolute Gasteiger partial charge is 0.243 e. The highest BCUT2D eigenvalue weighted by atomic mass is 16.5. The van der Waals surface area contributed by atoms with Gasteiger partial charge in [0.1, 0.15) is 0 Å². The third-order valence-corrected chi connectivity index (χ3v) is 2.80. The lowest BCUT2D eigenvalue weighted by atomic mass is 10.1. The van der Waals surface area contributed by atoms with Gasteiger partial charge in [0.15, 0.2) is 5.65 Å². The fourth-order valence-corrected chi connectivity index (χ4v) is 1.92. The van der Waals surface area contributed by atoms with Gasteiger partial charge in [-0.15, -0.1) is 5.10 Å². The summed E-state index contributed by atoms with van der Waals surface area (Å²) in [5.41, 5.74) is 0.872. The molecule has 16 heavy (non-hydrogen) atoms. The monoisotopic (exact) mass is 218 g/mol. The van der Waals surface area contributed by atoms with E-state index in [1.165, 1.54) is 0 Å². The molecule has 0 spiro atoms. The highest BCUT2D eigenvalue weighted by Crippen LogP contribution is 2.12. The van der Waals surface area contributed by atoms with E-state index in [-0.39, 0.29) is 0 Å². The minimum absolute atomic E-state index is 0.436. The number of hydrogen-bond acceptors (Lipinski definition) is 4. The molecular formula is C11H14N4O. The van der Waals surface area contributed by atoms with Crippen LogP contribution in [0.2, 0.25) is 0 Å². The molecule has 5 nitrogen and oxygen atoms in total. The Hall–Kier alpha value is -1.62. The third-order valence-electron chi connectivity index (χ3n) is 2.80. The van der Waals surface area contributed by atoms with Crippen molar-refractivity contribution in [1.29, 1.82) is 0 Å². The summed E-state index contributed by atoms with van der Waals surface area (Å²) in [6.07, 6.45) is 3.95. The van der Waals surface area contributed by atoms with Crippen molar-refractivity contribution >= 4 is 11.6 Å². The third kappa shape index (κ3) is 1.86. The number of aromatic nitrogens is 3. The summed E-state index contributed by atoms with van der Waals surface area (Å²) in [4.78, 5) is 4.41. The van der Waals surface area contributed by atoms with Gasteiger partial charge < -0.3 is 10.1 Å². The van der Waals surface area contributed by atoms with E-state index in [4.69, 9.17) is 4.74 Å². The lowest BCUT2D eigenvalue weighted by Crippen LogP contribution is -2.28. The molecule has 84 valence electrons. The largest absolute Gasteiger partial charge is 0.381 e. The molecule has 0 bridgehead atoms. The first-order valence-corrected chi connectivity index (χ1v) is 5.57. The van der Waals surface area contributed by atoms with Crippen LogP contribution in [0.3, 0.4) is 0 Å². The number of nitrogens with one attached hydrogen (secondary N) is 1. The predicted octanol–water partition coefficient (Wildman–Crippen LogP) is 1.32. The van der Waals surface area contributed by atoms with Gasteiger partial charge in [0, 0.05) is 25.5 Å². The molecule has 5 heteroatoms. The molecule has 1 saturated heterocycles. The van der Waals surface area contributed by atoms with Crippen molar-refractivity contribution in [2.45, 2.75) is 18.9 Å². The van der Waals surface area contributed by atoms with Crippen LogP contribution in [0, 0.1) is 0 Å². The first-order chi connectivity index (χ1) is 7.92. The maximum atomic E-state index is 5.31. The Labute approximate surface area is 93.4 Å². The van der Waals surface area contributed by atoms with E-state index in [2.05, 4.69) is 15.4 Å². The molecule has 1 aliphatic heterocycles. The normalized spacial score (nSPS) is 17.8. The van der Waals surface area contributed by atoms with Crippen LogP contribution < -0.4 is 5.32 Å². The first-order valence-electron chi connectivity index (χ1n) is 5.57. The van der Waals surface area contributed by atoms with Gasteiger partial charge in [-0.2, -0.15) is 4.98 Å². The average Bonchev–Trinajstić information content (AvgIpc) is 2.72. The second-order valence-electron chi connectivity index (χ2n) is 3.97. The molecule has 3 rings (SSSR count). The summed E-state index contributed by atoms with van der Waals surface area (Å²) in [5.74, 6) is 0.707. The molecule has 0 aromatic carbocycles. The van der Waals surface area contributed by atoms with E-state index in [0.717, 1.165) is 31.7 Å². The van der Waals surface area contributed by atoms with Crippen molar-refractivity contribution in [3.05, 3.63) is 24.4 Å². The van der Waals surface area contributed by atoms with Crippen molar-refractivity contribution < 1.29 is 4.74 Å². The van der Waals surface area contributed by atoms with Crippen LogP contribution in [0.1, 0.15) is 12.8 Å². The topological polar surface area (TPSA) is 51.5 Å². The summed E-state index contributed by atoms with van der Waals surface area (Å²) in [5, 5.41) is 7.71. The van der Waals surface area contributed by atoms with Crippen LogP contribution in [-0.2, 0) is 4.74 Å². The Bertz CT molecular complexity index is 443. The van der Waals surface area contributed by atoms with Gasteiger partial charge in [-0.3, -0.25) is 0 Å². The molecule has 2 aromatic heterocycles. The Kier molecular flexibility index (Phi) is 2.46. The van der Waals surface area contributed by atoms with Crippen LogP contribution in [0.25, 0.3) is 5.65 Å². The standard InChI is InChI=1S/C11H14N4O/c1-2-6-15-10(3-1)13-11(14-15)12-9-4-7-16-8-5-9/h1-3,6,9H,4-5,7-8H2,(H,12,14). The van der Waals surface area contributed by atoms with E-state index >= 15 is 0 Å². The molecule has 0 atom stereocenters. The quantitative estimate of drug-likeness (QED) is 0.826. The predicted molar refractivity (Wildman–Crippen MR) is 60.5 cm³/mol. The molecule has 1 fully saturated rings. The molecule has 0 aliphatic carbocycles. The Morgan fingerprint density at radius 1 is 1.31 bits per heavy atom. The Balaban J connectivity index is 1.78. The molecular weight excluding hydrogens is 204 g/mol. The fourth-order valence-electron chi connectivity index (χ4n) is 1.92. The zero-order valence-corrected chi connectivity index (χ0v) is 8.97. The Morgan fingerprint density at radius 2 is 2.19 bits per heavy atom. The van der Waals surface area contributed by atoms with Gasteiger partial charge in [-0.25, -0.2) is 4.52 Å². The summed E-state index contributed by atoms with van der Waals surface area (Å²) in [7, 11) is 0. The van der Waals surface area contributed by atoms with Gasteiger partial charge in [-0.05, 0) is 25.0 Å². The second-order valence-corrected chi connectivity index (χ2v) is 3.97. The van der Waals surface area contributed by atoms with Crippen LogP contribution in [0.15, 0.2) is 24.4 Å². The summed E-state index contributed by atoms with van der Waals surface area (Å²) >= 11 is 0. The van der Waals surface area contributed by atoms with Gasteiger partial charge in [0.25, 0.3) is 0 Å². The summed E-state index contributed by atoms with van der Waals surface area (Å²) in [6, 6.07) is 6.29. The van der Waals surface area contributed by atoms with Crippen molar-refractivity contribution in [2.75, 3.05) is 18.5 Å². The minimum Gasteiger partial charge on any atom is -0.381 e. The molecule has 3 heterocycles. The number of hydrogen-bond donors (Lipinski definition) is 1. The second kappa shape index (κ2) is 4.09. The number of nitrogens with zero attached hydrogens (tertiary/aromatic N) is 3. The van der Waals surface area contributed by atoms with E-state index in [1.807, 2.05) is 24.4 Å². The van der Waals surface area contributed by atoms with E-state index < -0.39 is 0 Å². The molecule has 0 saturated carbocycles. The van der Waals surface area contributed by atoms with Crippen molar-refractivity contribution in [2.24, 2.45) is 0 Å². The number of fused-ring (bicyclic) bond motifs is 1. The molecule has 1 aliphatic rings. The zero-order valence-electron chi connectivity index (χ0n) is 8.97. The number of rotatable bonds is 2. The summed E-state index contributed by atoms with van der Waals surface area (Å²) < 4.78 is 7.09. The number of pyridine rings is 1. The average molecular weight is 218 g/mol. The maximum Gasteiger partial charge on any atom is 0.243 e. The SMILES string of the molecule is c1ccn2nc(NC3CCOCC3)nc2c1. The fraction of sp³-hybridized carbons (Fsp3) is 0.455. The summed E-state index contributed by atoms with van der Waals surface area (Å²) in [6.45, 7) is 1.65. The minimum atomic E-state index is 0.436. The van der Waals surface area contributed by atoms with E-state index in [9.17, 15) is 0 Å². The van der Waals surface area contributed by atoms with E-state index in [0.29, 0.717) is 12.0 Å². The van der Waals surface area contributed by atoms with Crippen molar-refractivity contribution in [3.8, 4) is 0 Å². The molecule has 2 aromatic rings. The number of anilines is 1. The number of ether oxygens (including phenoxy) is 1. The molecule has 1 N–H and O–H groups in total. The van der Waals surface area contributed by atoms with Crippen molar-refractivity contribution in [3.63, 3.8) is 0 Å². The molecule has 0 amide bonds. The lowest BCUT2D eigenvalue weighted by molar-refractivity contribution is 0.0903. The first kappa shape index (κ1) is 9.59. The van der Waals surface area contributed by atoms with Crippen LogP contribution in [0.4, 0.5) is 5.95 Å². The lowest BCUT2D eigenvalue weighted by Gasteiger charge is -2.22.